The van der Waals surface area contributed by atoms with Crippen LogP contribution in [-0.4, -0.2) is 15.2 Å². The highest BCUT2D eigenvalue weighted by Gasteiger charge is 2.37. The average Bonchev–Trinajstić information content (AvgIpc) is 4.10. The van der Waals surface area contributed by atoms with E-state index in [0.29, 0.717) is 5.92 Å². The summed E-state index contributed by atoms with van der Waals surface area (Å²) in [6.45, 7) is 0. The summed E-state index contributed by atoms with van der Waals surface area (Å²) in [5.41, 5.74) is 21.5. The smallest absolute Gasteiger partial charge is 0.0629 e. The molecule has 3 nitrogen and oxygen atoms in total. The first kappa shape index (κ1) is 35.5. The largest absolute Gasteiger partial charge is 0.333 e. The van der Waals surface area contributed by atoms with Gasteiger partial charge in [0.2, 0.25) is 0 Å². The van der Waals surface area contributed by atoms with Crippen molar-refractivity contribution in [1.29, 1.82) is 0 Å². The van der Waals surface area contributed by atoms with Gasteiger partial charge in [0.1, 0.15) is 0 Å². The first-order chi connectivity index (χ1) is 31.7. The molecule has 0 spiro atoms. The lowest BCUT2D eigenvalue weighted by Gasteiger charge is -2.29. The van der Waals surface area contributed by atoms with Crippen molar-refractivity contribution >= 4 is 55.0 Å². The third-order valence-electron chi connectivity index (χ3n) is 14.2. The summed E-state index contributed by atoms with van der Waals surface area (Å²) < 4.78 is 4.85. The zero-order chi connectivity index (χ0) is 41.9. The van der Waals surface area contributed by atoms with E-state index in [1.807, 2.05) is 0 Å². The van der Waals surface area contributed by atoms with E-state index in [2.05, 4.69) is 239 Å². The molecule has 0 N–H and O–H groups in total. The van der Waals surface area contributed by atoms with E-state index in [1.54, 1.807) is 0 Å². The molecule has 0 saturated carbocycles. The Kier molecular flexibility index (Phi) is 7.58. The second-order valence-corrected chi connectivity index (χ2v) is 17.7. The van der Waals surface area contributed by atoms with Gasteiger partial charge in [-0.1, -0.05) is 140 Å². The molecule has 14 rings (SSSR count). The molecular formula is C61H41N3. The normalized spacial score (nSPS) is 15.9. The minimum Gasteiger partial charge on any atom is -0.333 e. The number of benzene rings is 9. The van der Waals surface area contributed by atoms with Crippen molar-refractivity contribution in [2.24, 2.45) is 0 Å². The number of nitrogens with zero attached hydrogens (tertiary/aromatic N) is 3. The van der Waals surface area contributed by atoms with E-state index >= 15 is 0 Å². The number of aromatic nitrogens is 2. The summed E-state index contributed by atoms with van der Waals surface area (Å²) in [7, 11) is 0. The van der Waals surface area contributed by atoms with Crippen LogP contribution in [0, 0.1) is 0 Å². The van der Waals surface area contributed by atoms with Crippen LogP contribution >= 0.6 is 0 Å². The molecule has 2 unspecified atom stereocenters. The molecule has 2 atom stereocenters. The van der Waals surface area contributed by atoms with E-state index < -0.39 is 0 Å². The molecule has 300 valence electrons. The lowest BCUT2D eigenvalue weighted by atomic mass is 9.91. The monoisotopic (exact) mass is 815 g/mol. The molecule has 0 radical (unpaired) electrons. The van der Waals surface area contributed by atoms with Gasteiger partial charge in [0.15, 0.2) is 0 Å². The number of allylic oxidation sites excluding steroid dienone is 2. The molecular weight excluding hydrogens is 775 g/mol. The zero-order valence-electron chi connectivity index (χ0n) is 35.1. The Balaban J connectivity index is 0.847. The lowest BCUT2D eigenvalue weighted by Crippen LogP contribution is -2.28. The highest BCUT2D eigenvalue weighted by atomic mass is 15.2. The Bertz CT molecular complexity index is 3780. The molecule has 11 aromatic rings. The first-order valence-corrected chi connectivity index (χ1v) is 22.5. The molecule has 2 aliphatic carbocycles. The van der Waals surface area contributed by atoms with Crippen LogP contribution in [0.3, 0.4) is 0 Å². The predicted octanol–water partition coefficient (Wildman–Crippen LogP) is 15.5. The van der Waals surface area contributed by atoms with E-state index in [4.69, 9.17) is 0 Å². The summed E-state index contributed by atoms with van der Waals surface area (Å²) in [6, 6.07) is 74.9. The van der Waals surface area contributed by atoms with Crippen molar-refractivity contribution in [3.05, 3.63) is 241 Å². The number of anilines is 2. The molecule has 64 heavy (non-hydrogen) atoms. The van der Waals surface area contributed by atoms with Gasteiger partial charge in [-0.25, -0.2) is 0 Å². The summed E-state index contributed by atoms with van der Waals surface area (Å²) in [6.07, 6.45) is 10.0. The second-order valence-electron chi connectivity index (χ2n) is 17.7. The standard InChI is InChI=1S/C61H41N3/c1-2-14-45(15-3-1)62-58-23-10-6-19-50(58)54-37-42(29-31-60(54)62)40-25-26-43-33-44-27-30-47(38-53(44)52(43)35-40)64-59-24-11-7-20-51(59)55-36-41(28-32-61(55)64)39-13-12-16-46(34-39)63-56-21-8-4-17-48(56)49-18-5-9-22-57(49)63/h1-32,34-38,48,56H,33H2. The molecule has 0 fully saturated rings. The van der Waals surface area contributed by atoms with E-state index in [0.717, 1.165) is 6.42 Å². The van der Waals surface area contributed by atoms with Crippen LogP contribution in [0.25, 0.3) is 88.4 Å². The minimum absolute atomic E-state index is 0.271. The Morgan fingerprint density at radius 1 is 0.359 bits per heavy atom. The zero-order valence-corrected chi connectivity index (χ0v) is 35.1. The van der Waals surface area contributed by atoms with Crippen molar-refractivity contribution in [3.63, 3.8) is 0 Å². The number of hydrogen-bond acceptors (Lipinski definition) is 1. The number of fused-ring (bicyclic) bond motifs is 12. The van der Waals surface area contributed by atoms with Crippen molar-refractivity contribution < 1.29 is 0 Å². The van der Waals surface area contributed by atoms with Crippen molar-refractivity contribution in [3.8, 4) is 44.8 Å². The Morgan fingerprint density at radius 3 is 1.69 bits per heavy atom. The number of para-hydroxylation sites is 4. The van der Waals surface area contributed by atoms with Gasteiger partial charge in [-0.05, 0) is 141 Å². The van der Waals surface area contributed by atoms with Gasteiger partial charge in [0.25, 0.3) is 0 Å². The highest BCUT2D eigenvalue weighted by Crippen LogP contribution is 2.48. The van der Waals surface area contributed by atoms with Gasteiger partial charge in [0, 0.05) is 50.2 Å². The maximum absolute atomic E-state index is 2.52. The first-order valence-electron chi connectivity index (χ1n) is 22.5. The van der Waals surface area contributed by atoms with Crippen molar-refractivity contribution in [2.45, 2.75) is 18.4 Å². The fourth-order valence-corrected chi connectivity index (χ4v) is 11.3. The van der Waals surface area contributed by atoms with Gasteiger partial charge in [-0.15, -0.1) is 0 Å². The second kappa shape index (κ2) is 13.7. The molecule has 0 bridgehead atoms. The van der Waals surface area contributed by atoms with Crippen molar-refractivity contribution in [2.75, 3.05) is 4.90 Å². The minimum atomic E-state index is 0.271. The van der Waals surface area contributed by atoms with Gasteiger partial charge in [-0.3, -0.25) is 0 Å². The maximum atomic E-state index is 2.52. The van der Waals surface area contributed by atoms with Crippen LogP contribution < -0.4 is 4.90 Å². The molecule has 2 aromatic heterocycles. The van der Waals surface area contributed by atoms with Crippen LogP contribution in [0.1, 0.15) is 22.6 Å². The van der Waals surface area contributed by atoms with Crippen LogP contribution in [-0.2, 0) is 6.42 Å². The summed E-state index contributed by atoms with van der Waals surface area (Å²) in [4.78, 5) is 2.52. The predicted molar refractivity (Wildman–Crippen MR) is 268 cm³/mol. The summed E-state index contributed by atoms with van der Waals surface area (Å²) >= 11 is 0. The number of hydrogen-bond donors (Lipinski definition) is 0. The fourth-order valence-electron chi connectivity index (χ4n) is 11.3. The average molecular weight is 816 g/mol. The third-order valence-corrected chi connectivity index (χ3v) is 14.2. The van der Waals surface area contributed by atoms with Gasteiger partial charge in [0.05, 0.1) is 28.1 Å². The van der Waals surface area contributed by atoms with Crippen LogP contribution in [0.2, 0.25) is 0 Å². The van der Waals surface area contributed by atoms with E-state index in [1.165, 1.54) is 116 Å². The Morgan fingerprint density at radius 2 is 0.922 bits per heavy atom. The van der Waals surface area contributed by atoms with Crippen LogP contribution in [0.5, 0.6) is 0 Å². The maximum Gasteiger partial charge on any atom is 0.0629 e. The lowest BCUT2D eigenvalue weighted by molar-refractivity contribution is 0.745. The van der Waals surface area contributed by atoms with E-state index in [-0.39, 0.29) is 6.04 Å². The van der Waals surface area contributed by atoms with E-state index in [9.17, 15) is 0 Å². The molecule has 3 aliphatic rings. The molecule has 0 amide bonds. The summed E-state index contributed by atoms with van der Waals surface area (Å²) in [5.74, 6) is 0.359. The SMILES string of the molecule is C1=CC2c3ccccc3N(c3cccc(-c4ccc5c(c4)c4ccccc4n5-c4ccc5c(c4)-c4cc(-c6ccc7c(c6)c6ccccc6n7-c6ccccc6)ccc4C5)c3)C2C=C1. The highest BCUT2D eigenvalue weighted by molar-refractivity contribution is 6.12. The number of rotatable bonds is 5. The van der Waals surface area contributed by atoms with Crippen LogP contribution in [0.4, 0.5) is 11.4 Å². The van der Waals surface area contributed by atoms with Crippen LogP contribution in [0.15, 0.2) is 224 Å². The molecule has 3 heterocycles. The van der Waals surface area contributed by atoms with Gasteiger partial charge >= 0.3 is 0 Å². The molecule has 3 heteroatoms. The van der Waals surface area contributed by atoms with Gasteiger partial charge in [-0.2, -0.15) is 0 Å². The Hall–Kier alpha value is -8.14. The third kappa shape index (κ3) is 5.22. The summed E-state index contributed by atoms with van der Waals surface area (Å²) in [5, 5.41) is 5.07. The fraction of sp³-hybridized carbons (Fsp3) is 0.0492. The topological polar surface area (TPSA) is 13.1 Å². The molecule has 9 aromatic carbocycles. The van der Waals surface area contributed by atoms with Gasteiger partial charge < -0.3 is 14.0 Å². The molecule has 0 saturated heterocycles. The molecule has 1 aliphatic heterocycles. The Labute approximate surface area is 371 Å². The van der Waals surface area contributed by atoms with Crippen molar-refractivity contribution in [1.82, 2.24) is 9.13 Å². The quantitative estimate of drug-likeness (QED) is 0.169.